The average Bonchev–Trinajstić information content (AvgIpc) is 3.64. The van der Waals surface area contributed by atoms with Crippen LogP contribution >= 0.6 is 0 Å². The standard InChI is InChI=1S/C39H50N4O5S/c1-25(2)49(46,47)40-36(44)27-11-13-30-33(21-27)43-24-39(37(45)42-19-16-38(17-20-42)15-8-18-41(38)3)23-32(39)31-22-28(48-4)12-14-29(31)35(43)34(30)26-9-6-5-7-10-26/h11-14,21-22,25-26,32H,5-10,15-20,23-24H2,1-4H3,(H,40,44). The molecule has 1 spiro atoms. The van der Waals surface area contributed by atoms with Gasteiger partial charge < -0.3 is 19.1 Å². The first kappa shape index (κ1) is 32.8. The quantitative estimate of drug-likeness (QED) is 0.322. The smallest absolute Gasteiger partial charge is 0.264 e. The molecule has 2 aromatic carbocycles. The van der Waals surface area contributed by atoms with Crippen LogP contribution in [0.1, 0.15) is 111 Å². The number of sulfonamides is 1. The van der Waals surface area contributed by atoms with E-state index in [0.717, 1.165) is 79.6 Å². The highest BCUT2D eigenvalue weighted by Crippen LogP contribution is 2.66. The summed E-state index contributed by atoms with van der Waals surface area (Å²) >= 11 is 0. The SMILES string of the molecule is COc1ccc2c(c1)C1CC1(C(=O)N1CCC3(CCCN3C)CC1)Cn1c-2c(C2CCCCC2)c2ccc(C(=O)NS(=O)(=O)C(C)C)cc21. The molecule has 9 nitrogen and oxygen atoms in total. The highest BCUT2D eigenvalue weighted by Gasteiger charge is 2.64. The second-order valence-electron chi connectivity index (χ2n) is 15.8. The topological polar surface area (TPSA) is 101 Å². The van der Waals surface area contributed by atoms with Crippen molar-refractivity contribution in [3.05, 3.63) is 53.1 Å². The molecule has 10 heteroatoms. The van der Waals surface area contributed by atoms with Crippen molar-refractivity contribution in [2.75, 3.05) is 33.8 Å². The number of rotatable bonds is 6. The maximum atomic E-state index is 14.9. The summed E-state index contributed by atoms with van der Waals surface area (Å²) in [5, 5.41) is 0.366. The van der Waals surface area contributed by atoms with Gasteiger partial charge in [0.05, 0.1) is 23.5 Å². The molecule has 2 saturated carbocycles. The average molecular weight is 687 g/mol. The number of hydrogen-bond acceptors (Lipinski definition) is 6. The van der Waals surface area contributed by atoms with Crippen LogP contribution in [-0.4, -0.2) is 79.2 Å². The Morgan fingerprint density at radius 2 is 1.71 bits per heavy atom. The monoisotopic (exact) mass is 686 g/mol. The molecule has 1 aromatic heterocycles. The predicted molar refractivity (Wildman–Crippen MR) is 191 cm³/mol. The molecule has 4 fully saturated rings. The molecule has 262 valence electrons. The Morgan fingerprint density at radius 3 is 2.39 bits per heavy atom. The lowest BCUT2D eigenvalue weighted by Gasteiger charge is -2.44. The minimum Gasteiger partial charge on any atom is -0.497 e. The minimum absolute atomic E-state index is 0.0759. The van der Waals surface area contributed by atoms with E-state index in [9.17, 15) is 18.0 Å². The summed E-state index contributed by atoms with van der Waals surface area (Å²) in [6.07, 6.45) is 11.0. The fraction of sp³-hybridized carbons (Fsp3) is 0.590. The summed E-state index contributed by atoms with van der Waals surface area (Å²) in [7, 11) is 0.140. The molecule has 3 aliphatic heterocycles. The van der Waals surface area contributed by atoms with E-state index in [1.807, 2.05) is 18.2 Å². The van der Waals surface area contributed by atoms with Gasteiger partial charge in [0, 0.05) is 53.1 Å². The van der Waals surface area contributed by atoms with E-state index in [-0.39, 0.29) is 17.4 Å². The van der Waals surface area contributed by atoms with Crippen molar-refractivity contribution in [3.63, 3.8) is 0 Å². The third-order valence-electron chi connectivity index (χ3n) is 13.0. The molecule has 2 saturated heterocycles. The van der Waals surface area contributed by atoms with E-state index >= 15 is 0 Å². The lowest BCUT2D eigenvalue weighted by Crippen LogP contribution is -2.53. The normalized spacial score (nSPS) is 25.2. The molecule has 3 aromatic rings. The van der Waals surface area contributed by atoms with Crippen LogP contribution in [-0.2, 0) is 21.4 Å². The molecule has 8 rings (SSSR count). The zero-order valence-electron chi connectivity index (χ0n) is 29.4. The Balaban J connectivity index is 1.26. The first-order valence-corrected chi connectivity index (χ1v) is 19.9. The first-order valence-electron chi connectivity index (χ1n) is 18.4. The van der Waals surface area contributed by atoms with Crippen LogP contribution in [0.5, 0.6) is 5.75 Å². The van der Waals surface area contributed by atoms with Crippen LogP contribution < -0.4 is 9.46 Å². The van der Waals surface area contributed by atoms with Gasteiger partial charge in [0.1, 0.15) is 5.75 Å². The highest BCUT2D eigenvalue weighted by atomic mass is 32.2. The molecule has 0 bridgehead atoms. The largest absolute Gasteiger partial charge is 0.497 e. The van der Waals surface area contributed by atoms with Crippen LogP contribution in [0.25, 0.3) is 22.2 Å². The molecule has 2 unspecified atom stereocenters. The molecule has 5 aliphatic rings. The van der Waals surface area contributed by atoms with Crippen molar-refractivity contribution in [3.8, 4) is 17.0 Å². The number of nitrogens with zero attached hydrogens (tertiary/aromatic N) is 3. The van der Waals surface area contributed by atoms with Gasteiger partial charge in [-0.25, -0.2) is 13.1 Å². The molecule has 2 atom stereocenters. The molecule has 0 radical (unpaired) electrons. The Hall–Kier alpha value is -3.37. The molecule has 4 heterocycles. The van der Waals surface area contributed by atoms with Gasteiger partial charge in [-0.3, -0.25) is 9.59 Å². The van der Waals surface area contributed by atoms with Crippen LogP contribution in [0.3, 0.4) is 0 Å². The second-order valence-corrected chi connectivity index (χ2v) is 18.1. The lowest BCUT2D eigenvalue weighted by molar-refractivity contribution is -0.140. The Morgan fingerprint density at radius 1 is 0.959 bits per heavy atom. The number of aromatic nitrogens is 1. The van der Waals surface area contributed by atoms with E-state index in [1.165, 1.54) is 43.2 Å². The number of ether oxygens (including phenoxy) is 1. The van der Waals surface area contributed by atoms with Gasteiger partial charge in [0.25, 0.3) is 5.91 Å². The Bertz CT molecular complexity index is 1940. The summed E-state index contributed by atoms with van der Waals surface area (Å²) in [5.74, 6) is 0.856. The van der Waals surface area contributed by atoms with Crippen molar-refractivity contribution in [2.45, 2.75) is 107 Å². The summed E-state index contributed by atoms with van der Waals surface area (Å²) in [5.41, 5.74) is 5.61. The molecular weight excluding hydrogens is 637 g/mol. The number of piperidine rings is 1. The van der Waals surface area contributed by atoms with Gasteiger partial charge in [-0.1, -0.05) is 25.3 Å². The first-order chi connectivity index (χ1) is 23.5. The summed E-state index contributed by atoms with van der Waals surface area (Å²) in [6, 6.07) is 12.0. The number of methoxy groups -OCH3 is 1. The maximum absolute atomic E-state index is 14.9. The number of hydrogen-bond donors (Lipinski definition) is 1. The zero-order chi connectivity index (χ0) is 34.3. The van der Waals surface area contributed by atoms with Crippen molar-refractivity contribution < 1.29 is 22.7 Å². The molecule has 2 amide bonds. The molecule has 2 aliphatic carbocycles. The number of benzene rings is 2. The fourth-order valence-corrected chi connectivity index (χ4v) is 10.5. The molecular formula is C39H50N4O5S. The number of carbonyl (C=O) groups is 2. The van der Waals surface area contributed by atoms with E-state index in [2.05, 4.69) is 38.3 Å². The van der Waals surface area contributed by atoms with Crippen molar-refractivity contribution >= 4 is 32.7 Å². The van der Waals surface area contributed by atoms with Gasteiger partial charge in [0.2, 0.25) is 15.9 Å². The van der Waals surface area contributed by atoms with Crippen LogP contribution in [0.15, 0.2) is 36.4 Å². The maximum Gasteiger partial charge on any atom is 0.264 e. The van der Waals surface area contributed by atoms with E-state index in [1.54, 1.807) is 27.0 Å². The van der Waals surface area contributed by atoms with E-state index in [4.69, 9.17) is 4.74 Å². The van der Waals surface area contributed by atoms with Gasteiger partial charge in [-0.05, 0) is 120 Å². The number of amides is 2. The molecule has 49 heavy (non-hydrogen) atoms. The summed E-state index contributed by atoms with van der Waals surface area (Å²) < 4.78 is 35.7. The zero-order valence-corrected chi connectivity index (χ0v) is 30.2. The number of nitrogens with one attached hydrogen (secondary N) is 1. The molecule has 1 N–H and O–H groups in total. The second kappa shape index (κ2) is 11.9. The van der Waals surface area contributed by atoms with E-state index < -0.39 is 26.6 Å². The number of carbonyl (C=O) groups excluding carboxylic acids is 2. The third kappa shape index (κ3) is 5.22. The number of fused-ring (bicyclic) bond motifs is 7. The fourth-order valence-electron chi connectivity index (χ4n) is 9.87. The number of likely N-dealkylation sites (tertiary alicyclic amines) is 2. The predicted octanol–water partition coefficient (Wildman–Crippen LogP) is 6.41. The van der Waals surface area contributed by atoms with Crippen LogP contribution in [0, 0.1) is 5.41 Å². The van der Waals surface area contributed by atoms with Gasteiger partial charge in [-0.2, -0.15) is 0 Å². The Labute approximate surface area is 290 Å². The van der Waals surface area contributed by atoms with Crippen molar-refractivity contribution in [2.24, 2.45) is 5.41 Å². The van der Waals surface area contributed by atoms with Crippen LogP contribution in [0.4, 0.5) is 0 Å². The van der Waals surface area contributed by atoms with E-state index in [0.29, 0.717) is 18.0 Å². The van der Waals surface area contributed by atoms with Crippen molar-refractivity contribution in [1.82, 2.24) is 19.1 Å². The minimum atomic E-state index is -3.80. The highest BCUT2D eigenvalue weighted by molar-refractivity contribution is 7.90. The third-order valence-corrected chi connectivity index (χ3v) is 14.7. The summed E-state index contributed by atoms with van der Waals surface area (Å²) in [6.45, 7) is 6.35. The Kier molecular flexibility index (Phi) is 7.94. The lowest BCUT2D eigenvalue weighted by atomic mass is 9.81. The van der Waals surface area contributed by atoms with Gasteiger partial charge in [0.15, 0.2) is 0 Å². The van der Waals surface area contributed by atoms with Gasteiger partial charge in [-0.15, -0.1) is 0 Å². The van der Waals surface area contributed by atoms with Crippen LogP contribution in [0.2, 0.25) is 0 Å². The summed E-state index contributed by atoms with van der Waals surface area (Å²) in [4.78, 5) is 33.0. The van der Waals surface area contributed by atoms with Gasteiger partial charge >= 0.3 is 0 Å². The van der Waals surface area contributed by atoms with Crippen molar-refractivity contribution in [1.29, 1.82) is 0 Å².